The molecule has 0 aliphatic heterocycles. The summed E-state index contributed by atoms with van der Waals surface area (Å²) in [6, 6.07) is 20.7. The summed E-state index contributed by atoms with van der Waals surface area (Å²) >= 11 is 0. The van der Waals surface area contributed by atoms with Crippen molar-refractivity contribution < 1.29 is 36.2 Å². The number of phenols is 1. The number of rotatable bonds is 16. The summed E-state index contributed by atoms with van der Waals surface area (Å²) in [5.41, 5.74) is 7.11. The maximum absolute atomic E-state index is 14.2. The second kappa shape index (κ2) is 17.7. The molecule has 12 heteroatoms. The predicted octanol–water partition coefficient (Wildman–Crippen LogP) is 10.6. The number of nitrogens with one attached hydrogen (secondary N) is 1. The largest absolute Gasteiger partial charge is 0.508 e. The molecule has 0 amide bonds. The quantitative estimate of drug-likeness (QED) is 0.0784. The van der Waals surface area contributed by atoms with Gasteiger partial charge in [-0.3, -0.25) is 0 Å². The Balaban J connectivity index is 1.56. The van der Waals surface area contributed by atoms with Gasteiger partial charge in [-0.15, -0.1) is 0 Å². The number of phenolic OH excluding ortho intramolecular Hbond substituents is 1. The number of unbranched alkanes of at least 4 members (excludes halogenated alkanes) is 5. The van der Waals surface area contributed by atoms with Gasteiger partial charge in [-0.2, -0.15) is 26.3 Å². The van der Waals surface area contributed by atoms with Crippen LogP contribution in [0.15, 0.2) is 109 Å². The lowest BCUT2D eigenvalue weighted by Gasteiger charge is -2.16. The van der Waals surface area contributed by atoms with Crippen LogP contribution in [-0.2, 0) is 6.54 Å². The predicted molar refractivity (Wildman–Crippen MR) is 202 cm³/mol. The number of halogens is 6. The van der Waals surface area contributed by atoms with Gasteiger partial charge >= 0.3 is 12.4 Å². The maximum atomic E-state index is 14.2. The number of nitrogens with zero attached hydrogens (tertiary/aromatic N) is 2. The number of hydrogen-bond donors (Lipinski definition) is 3. The van der Waals surface area contributed by atoms with Gasteiger partial charge in [0.15, 0.2) is 0 Å². The Morgan fingerprint density at radius 3 is 2.07 bits per heavy atom. The third kappa shape index (κ3) is 10.2. The van der Waals surface area contributed by atoms with Crippen molar-refractivity contribution in [2.24, 2.45) is 5.73 Å². The van der Waals surface area contributed by atoms with Crippen LogP contribution in [0.4, 0.5) is 26.3 Å². The Bertz CT molecular complexity index is 1970. The number of ether oxygens (including phenoxy) is 1. The van der Waals surface area contributed by atoms with Crippen molar-refractivity contribution >= 4 is 11.3 Å². The first kappa shape index (κ1) is 40.0. The Kier molecular flexibility index (Phi) is 13.1. The summed E-state index contributed by atoms with van der Waals surface area (Å²) in [7, 11) is 1.52. The molecule has 0 radical (unpaired) electrons. The zero-order valence-electron chi connectivity index (χ0n) is 30.0. The van der Waals surface area contributed by atoms with Gasteiger partial charge in [-0.25, -0.2) is 4.98 Å². The summed E-state index contributed by atoms with van der Waals surface area (Å²) < 4.78 is 91.4. The fourth-order valence-corrected chi connectivity index (χ4v) is 6.25. The molecule has 5 rings (SSSR count). The summed E-state index contributed by atoms with van der Waals surface area (Å²) in [4.78, 5) is 4.85. The minimum Gasteiger partial charge on any atom is -0.508 e. The number of allylic oxidation sites excluding steroid dienone is 6. The average molecular weight is 751 g/mol. The number of hydrogen-bond acceptors (Lipinski definition) is 5. The molecular formula is C42H44F6N4O2. The zero-order valence-corrected chi connectivity index (χ0v) is 30.0. The molecule has 0 saturated heterocycles. The van der Waals surface area contributed by atoms with E-state index in [9.17, 15) is 31.4 Å². The van der Waals surface area contributed by atoms with E-state index in [1.165, 1.54) is 19.2 Å². The smallest absolute Gasteiger partial charge is 0.416 e. The highest BCUT2D eigenvalue weighted by molar-refractivity contribution is 5.84. The van der Waals surface area contributed by atoms with Crippen molar-refractivity contribution in [2.75, 3.05) is 20.2 Å². The van der Waals surface area contributed by atoms with Crippen LogP contribution in [0.1, 0.15) is 61.9 Å². The standard InChI is InChI=1S/C42H44F6N4O2/c1-28(50-24-8-6-4-3-5-7-23-49)30-11-9-29(10-12-30)27-52-39(32-16-21-37(54-2)22-17-32)38(31-14-19-36(53)20-15-31)51-40(52)33-13-18-34(41(43,44)45)26-35(25-33)42(46,47)48/h9-17,19-22,25-26,50,53H,1,3-8,18,23-24,27,49H2,2H3. The Hall–Kier alpha value is -5.23. The molecule has 0 saturated carbocycles. The van der Waals surface area contributed by atoms with E-state index in [0.717, 1.165) is 80.6 Å². The van der Waals surface area contributed by atoms with Gasteiger partial charge in [-0.1, -0.05) is 62.6 Å². The summed E-state index contributed by atoms with van der Waals surface area (Å²) in [6.45, 7) is 5.78. The number of imidazole rings is 1. The van der Waals surface area contributed by atoms with E-state index in [1.54, 1.807) is 41.0 Å². The Morgan fingerprint density at radius 2 is 1.46 bits per heavy atom. The molecule has 1 aromatic heterocycles. The minimum absolute atomic E-state index is 0.00567. The van der Waals surface area contributed by atoms with Crippen LogP contribution in [-0.4, -0.2) is 47.2 Å². The number of benzene rings is 3. The van der Waals surface area contributed by atoms with Crippen molar-refractivity contribution in [2.45, 2.75) is 63.8 Å². The summed E-state index contributed by atoms with van der Waals surface area (Å²) in [5.74, 6) is 0.604. The van der Waals surface area contributed by atoms with Crippen molar-refractivity contribution in [3.8, 4) is 34.0 Å². The van der Waals surface area contributed by atoms with Crippen LogP contribution >= 0.6 is 0 Å². The van der Waals surface area contributed by atoms with E-state index in [-0.39, 0.29) is 29.8 Å². The van der Waals surface area contributed by atoms with Crippen LogP contribution < -0.4 is 15.8 Å². The van der Waals surface area contributed by atoms with E-state index in [1.807, 2.05) is 24.3 Å². The number of nitrogens with two attached hydrogens (primary N) is 1. The first-order chi connectivity index (χ1) is 25.8. The highest BCUT2D eigenvalue weighted by atomic mass is 19.4. The van der Waals surface area contributed by atoms with Gasteiger partial charge in [0.25, 0.3) is 0 Å². The number of aromatic nitrogens is 2. The normalized spacial score (nSPS) is 13.5. The van der Waals surface area contributed by atoms with Gasteiger partial charge in [0, 0.05) is 41.1 Å². The topological polar surface area (TPSA) is 85.3 Å². The first-order valence-electron chi connectivity index (χ1n) is 17.8. The van der Waals surface area contributed by atoms with E-state index in [0.29, 0.717) is 28.3 Å². The van der Waals surface area contributed by atoms with E-state index < -0.39 is 29.9 Å². The van der Waals surface area contributed by atoms with Gasteiger partial charge in [0.1, 0.15) is 17.3 Å². The molecule has 286 valence electrons. The van der Waals surface area contributed by atoms with Crippen LogP contribution in [0, 0.1) is 0 Å². The van der Waals surface area contributed by atoms with E-state index in [2.05, 4.69) is 11.9 Å². The highest BCUT2D eigenvalue weighted by Crippen LogP contribution is 2.41. The molecule has 54 heavy (non-hydrogen) atoms. The van der Waals surface area contributed by atoms with Crippen LogP contribution in [0.5, 0.6) is 11.5 Å². The average Bonchev–Trinajstić information content (AvgIpc) is 3.33. The number of methoxy groups -OCH3 is 1. The third-order valence-electron chi connectivity index (χ3n) is 9.22. The lowest BCUT2D eigenvalue weighted by Crippen LogP contribution is -2.15. The lowest BCUT2D eigenvalue weighted by molar-refractivity contribution is -0.0963. The Labute approximate surface area is 311 Å². The van der Waals surface area contributed by atoms with Crippen molar-refractivity contribution in [1.82, 2.24) is 14.9 Å². The molecule has 3 aromatic carbocycles. The third-order valence-corrected chi connectivity index (χ3v) is 9.22. The van der Waals surface area contributed by atoms with Gasteiger partial charge in [0.05, 0.1) is 24.1 Å². The monoisotopic (exact) mass is 750 g/mol. The molecule has 6 nitrogen and oxygen atoms in total. The SMILES string of the molecule is C=C(NCCCCCCCCN)c1ccc(Cn2c(C3=CCC(C(F)(F)F)=CC(C(F)(F)F)=C3)nc(-c3ccc(O)cc3)c2-c2ccc(OC)cc2)cc1. The van der Waals surface area contributed by atoms with Crippen LogP contribution in [0.25, 0.3) is 33.8 Å². The molecule has 0 fully saturated rings. The summed E-state index contributed by atoms with van der Waals surface area (Å²) in [5, 5.41) is 13.4. The van der Waals surface area contributed by atoms with Crippen molar-refractivity contribution in [3.05, 3.63) is 126 Å². The fraction of sp³-hybridized carbons (Fsp3) is 0.310. The van der Waals surface area contributed by atoms with Crippen molar-refractivity contribution in [1.29, 1.82) is 0 Å². The first-order valence-corrected chi connectivity index (χ1v) is 17.8. The highest BCUT2D eigenvalue weighted by Gasteiger charge is 2.39. The van der Waals surface area contributed by atoms with Gasteiger partial charge in [0.2, 0.25) is 0 Å². The van der Waals surface area contributed by atoms with E-state index in [4.69, 9.17) is 15.5 Å². The molecule has 0 atom stereocenters. The summed E-state index contributed by atoms with van der Waals surface area (Å²) in [6.07, 6.45) is -2.21. The van der Waals surface area contributed by atoms with Crippen LogP contribution in [0.3, 0.4) is 0 Å². The van der Waals surface area contributed by atoms with Gasteiger partial charge in [-0.05, 0) is 97.6 Å². The van der Waals surface area contributed by atoms with Gasteiger partial charge < -0.3 is 25.5 Å². The maximum Gasteiger partial charge on any atom is 0.416 e. The molecule has 1 aliphatic carbocycles. The molecule has 0 spiro atoms. The second-order valence-electron chi connectivity index (χ2n) is 13.1. The molecule has 0 unspecified atom stereocenters. The number of alkyl halides is 6. The Morgan fingerprint density at radius 1 is 0.833 bits per heavy atom. The second-order valence-corrected chi connectivity index (χ2v) is 13.1. The number of aromatic hydroxyl groups is 1. The molecule has 4 aromatic rings. The molecule has 4 N–H and O–H groups in total. The molecule has 1 aliphatic rings. The molecule has 0 bridgehead atoms. The van der Waals surface area contributed by atoms with E-state index >= 15 is 0 Å². The lowest BCUT2D eigenvalue weighted by atomic mass is 10.0. The zero-order chi connectivity index (χ0) is 38.9. The van der Waals surface area contributed by atoms with Crippen LogP contribution in [0.2, 0.25) is 0 Å². The minimum atomic E-state index is -5.06. The molecule has 1 heterocycles. The molecular weight excluding hydrogens is 706 g/mol. The fourth-order valence-electron chi connectivity index (χ4n) is 6.25. The van der Waals surface area contributed by atoms with Crippen molar-refractivity contribution in [3.63, 3.8) is 0 Å².